The van der Waals surface area contributed by atoms with Crippen LogP contribution in [0.1, 0.15) is 41.4 Å². The molecule has 192 valence electrons. The molecular formula is C30H29N5O3. The molecule has 6 rings (SSSR count). The summed E-state index contributed by atoms with van der Waals surface area (Å²) in [6.07, 6.45) is 4.60. The van der Waals surface area contributed by atoms with E-state index in [4.69, 9.17) is 10.5 Å². The van der Waals surface area contributed by atoms with Crippen LogP contribution in [0.3, 0.4) is 0 Å². The SMILES string of the molecule is NC1c2ccccc2CC12CCN(c1ncc(C#CCOc3ccc4ccc(=O)[nH]c4c3)nc1CO)CC2. The van der Waals surface area contributed by atoms with Gasteiger partial charge in [0.05, 0.1) is 18.3 Å². The first-order valence-electron chi connectivity index (χ1n) is 12.8. The molecule has 1 fully saturated rings. The molecule has 3 heterocycles. The van der Waals surface area contributed by atoms with Gasteiger partial charge in [-0.15, -0.1) is 0 Å². The summed E-state index contributed by atoms with van der Waals surface area (Å²) in [6, 6.07) is 17.3. The molecule has 1 atom stereocenters. The topological polar surface area (TPSA) is 117 Å². The molecule has 2 aromatic carbocycles. The normalized spacial score (nSPS) is 17.7. The maximum atomic E-state index is 11.5. The fourth-order valence-corrected chi connectivity index (χ4v) is 5.79. The third-order valence-electron chi connectivity index (χ3n) is 7.85. The zero-order chi connectivity index (χ0) is 26.1. The van der Waals surface area contributed by atoms with Crippen LogP contribution in [0.15, 0.2) is 65.6 Å². The number of H-pyrrole nitrogens is 1. The molecule has 2 aromatic heterocycles. The lowest BCUT2D eigenvalue weighted by molar-refractivity contribution is 0.186. The van der Waals surface area contributed by atoms with Crippen LogP contribution in [-0.2, 0) is 13.0 Å². The molecule has 8 heteroatoms. The number of aromatic amines is 1. The summed E-state index contributed by atoms with van der Waals surface area (Å²) in [5, 5.41) is 10.9. The van der Waals surface area contributed by atoms with E-state index in [9.17, 15) is 9.90 Å². The molecule has 8 nitrogen and oxygen atoms in total. The number of nitrogens with one attached hydrogen (secondary N) is 1. The van der Waals surface area contributed by atoms with E-state index < -0.39 is 0 Å². The van der Waals surface area contributed by atoms with Crippen LogP contribution < -0.4 is 20.9 Å². The number of nitrogens with two attached hydrogens (primary N) is 1. The minimum atomic E-state index is -0.212. The summed E-state index contributed by atoms with van der Waals surface area (Å²) in [5.74, 6) is 7.24. The second-order valence-electron chi connectivity index (χ2n) is 10.0. The minimum absolute atomic E-state index is 0.0565. The van der Waals surface area contributed by atoms with Crippen molar-refractivity contribution < 1.29 is 9.84 Å². The monoisotopic (exact) mass is 507 g/mol. The third-order valence-corrected chi connectivity index (χ3v) is 7.85. The van der Waals surface area contributed by atoms with Crippen LogP contribution >= 0.6 is 0 Å². The van der Waals surface area contributed by atoms with E-state index in [-0.39, 0.29) is 30.2 Å². The second kappa shape index (κ2) is 9.93. The van der Waals surface area contributed by atoms with Gasteiger partial charge in [0, 0.05) is 31.3 Å². The van der Waals surface area contributed by atoms with Gasteiger partial charge in [0.1, 0.15) is 23.7 Å². The average Bonchev–Trinajstić information content (AvgIpc) is 3.22. The van der Waals surface area contributed by atoms with Crippen molar-refractivity contribution in [3.05, 3.63) is 93.7 Å². The van der Waals surface area contributed by atoms with Gasteiger partial charge in [-0.25, -0.2) is 9.97 Å². The number of rotatable bonds is 4. The number of hydrogen-bond acceptors (Lipinski definition) is 7. The predicted octanol–water partition coefficient (Wildman–Crippen LogP) is 3.08. The van der Waals surface area contributed by atoms with Crippen molar-refractivity contribution in [1.29, 1.82) is 0 Å². The van der Waals surface area contributed by atoms with E-state index in [1.807, 2.05) is 12.1 Å². The Hall–Kier alpha value is -4.19. The lowest BCUT2D eigenvalue weighted by Crippen LogP contribution is -2.45. The fourth-order valence-electron chi connectivity index (χ4n) is 5.79. The number of aliphatic hydroxyl groups is 1. The van der Waals surface area contributed by atoms with E-state index >= 15 is 0 Å². The number of piperidine rings is 1. The first-order valence-corrected chi connectivity index (χ1v) is 12.8. The molecule has 38 heavy (non-hydrogen) atoms. The molecule has 1 unspecified atom stereocenters. The molecule has 1 spiro atoms. The Kier molecular flexibility index (Phi) is 6.32. The highest BCUT2D eigenvalue weighted by molar-refractivity contribution is 5.79. The molecule has 2 aliphatic rings. The lowest BCUT2D eigenvalue weighted by atomic mass is 9.73. The van der Waals surface area contributed by atoms with Gasteiger partial charge >= 0.3 is 0 Å². The summed E-state index contributed by atoms with van der Waals surface area (Å²) < 4.78 is 5.72. The van der Waals surface area contributed by atoms with Crippen LogP contribution in [0.25, 0.3) is 10.9 Å². The zero-order valence-corrected chi connectivity index (χ0v) is 21.0. The molecule has 0 radical (unpaired) electrons. The van der Waals surface area contributed by atoms with Crippen molar-refractivity contribution in [2.24, 2.45) is 11.1 Å². The number of aromatic nitrogens is 3. The van der Waals surface area contributed by atoms with Crippen molar-refractivity contribution in [1.82, 2.24) is 15.0 Å². The smallest absolute Gasteiger partial charge is 0.248 e. The van der Waals surface area contributed by atoms with E-state index in [2.05, 4.69) is 56.0 Å². The highest BCUT2D eigenvalue weighted by atomic mass is 16.5. The first kappa shape index (κ1) is 24.2. The summed E-state index contributed by atoms with van der Waals surface area (Å²) in [7, 11) is 0. The van der Waals surface area contributed by atoms with Gasteiger partial charge in [0.15, 0.2) is 5.82 Å². The molecule has 4 N–H and O–H groups in total. The zero-order valence-electron chi connectivity index (χ0n) is 21.0. The maximum absolute atomic E-state index is 11.5. The predicted molar refractivity (Wildman–Crippen MR) is 146 cm³/mol. The molecule has 1 aliphatic heterocycles. The average molecular weight is 508 g/mol. The molecule has 0 saturated carbocycles. The summed E-state index contributed by atoms with van der Waals surface area (Å²) in [5.41, 5.74) is 11.0. The van der Waals surface area contributed by atoms with Crippen LogP contribution in [-0.4, -0.2) is 39.8 Å². The molecule has 4 aromatic rings. The van der Waals surface area contributed by atoms with Crippen molar-refractivity contribution in [2.45, 2.75) is 31.9 Å². The number of aliphatic hydroxyl groups excluding tert-OH is 1. The Morgan fingerprint density at radius 2 is 1.97 bits per heavy atom. The molecule has 0 bridgehead atoms. The quantitative estimate of drug-likeness (QED) is 0.364. The van der Waals surface area contributed by atoms with Crippen molar-refractivity contribution in [3.63, 3.8) is 0 Å². The van der Waals surface area contributed by atoms with E-state index in [0.717, 1.165) is 37.7 Å². The molecule has 1 aliphatic carbocycles. The number of hydrogen-bond donors (Lipinski definition) is 3. The van der Waals surface area contributed by atoms with Crippen molar-refractivity contribution in [2.75, 3.05) is 24.6 Å². The fraction of sp³-hybridized carbons (Fsp3) is 0.300. The van der Waals surface area contributed by atoms with Gasteiger partial charge < -0.3 is 25.5 Å². The summed E-state index contributed by atoms with van der Waals surface area (Å²) in [4.78, 5) is 25.7. The number of ether oxygens (including phenoxy) is 1. The van der Waals surface area contributed by atoms with Gasteiger partial charge in [-0.2, -0.15) is 0 Å². The number of benzene rings is 2. The molecular weight excluding hydrogens is 478 g/mol. The van der Waals surface area contributed by atoms with E-state index in [1.165, 1.54) is 17.2 Å². The van der Waals surface area contributed by atoms with Crippen LogP contribution in [0.4, 0.5) is 5.82 Å². The Morgan fingerprint density at radius 1 is 1.16 bits per heavy atom. The van der Waals surface area contributed by atoms with Crippen LogP contribution in [0.2, 0.25) is 0 Å². The summed E-state index contributed by atoms with van der Waals surface area (Å²) >= 11 is 0. The standard InChI is InChI=1S/C30H29N5O3/c31-28-24-6-2-1-4-21(24)17-30(28)11-13-35(14-12-30)29-26(19-36)33-22(18-32-29)5-3-15-38-23-9-7-20-8-10-27(37)34-25(20)16-23/h1-2,4,6-10,16,18,28,36H,11-15,17,19,31H2,(H,34,37). The largest absolute Gasteiger partial charge is 0.481 e. The molecule has 1 saturated heterocycles. The lowest BCUT2D eigenvalue weighted by Gasteiger charge is -2.42. The Labute approximate surface area is 220 Å². The Morgan fingerprint density at radius 3 is 2.79 bits per heavy atom. The van der Waals surface area contributed by atoms with Gasteiger partial charge in [-0.05, 0) is 65.3 Å². The van der Waals surface area contributed by atoms with Crippen molar-refractivity contribution in [3.8, 4) is 17.6 Å². The molecule has 0 amide bonds. The van der Waals surface area contributed by atoms with Crippen molar-refractivity contribution >= 4 is 16.7 Å². The first-order chi connectivity index (χ1) is 18.5. The van der Waals surface area contributed by atoms with Gasteiger partial charge in [-0.1, -0.05) is 30.2 Å². The minimum Gasteiger partial charge on any atom is -0.481 e. The highest BCUT2D eigenvalue weighted by Crippen LogP contribution is 2.51. The third kappa shape index (κ3) is 4.51. The Balaban J connectivity index is 1.10. The summed E-state index contributed by atoms with van der Waals surface area (Å²) in [6.45, 7) is 1.58. The van der Waals surface area contributed by atoms with Gasteiger partial charge in [0.2, 0.25) is 5.56 Å². The van der Waals surface area contributed by atoms with Crippen LogP contribution in [0.5, 0.6) is 5.75 Å². The highest BCUT2D eigenvalue weighted by Gasteiger charge is 2.46. The second-order valence-corrected chi connectivity index (χ2v) is 10.0. The number of fused-ring (bicyclic) bond motifs is 2. The van der Waals surface area contributed by atoms with E-state index in [1.54, 1.807) is 18.3 Å². The maximum Gasteiger partial charge on any atom is 0.248 e. The Bertz CT molecular complexity index is 1610. The van der Waals surface area contributed by atoms with E-state index in [0.29, 0.717) is 28.5 Å². The van der Waals surface area contributed by atoms with Crippen LogP contribution in [0, 0.1) is 17.3 Å². The van der Waals surface area contributed by atoms with Gasteiger partial charge in [0.25, 0.3) is 0 Å². The number of pyridine rings is 1. The van der Waals surface area contributed by atoms with Gasteiger partial charge in [-0.3, -0.25) is 4.79 Å². The number of nitrogens with zero attached hydrogens (tertiary/aromatic N) is 3. The number of anilines is 1.